The third kappa shape index (κ3) is 3.65. The van der Waals surface area contributed by atoms with E-state index < -0.39 is 15.8 Å². The standard InChI is InChI=1S/C22H21NO7S2/c1-28-13-4-6-14(7-5-13)32(26,27)18-11-31-22-15(10-19(24)23-20(18)22)12-8-16(29-2)21(25)17(9-12)30-3/h4-9,11,15,25H,10H2,1-3H3,(H,23,24). The molecule has 1 aliphatic rings. The van der Waals surface area contributed by atoms with E-state index in [4.69, 9.17) is 14.2 Å². The molecule has 2 N–H and O–H groups in total. The predicted molar refractivity (Wildman–Crippen MR) is 119 cm³/mol. The fourth-order valence-corrected chi connectivity index (χ4v) is 6.58. The lowest BCUT2D eigenvalue weighted by Gasteiger charge is -2.24. The Morgan fingerprint density at radius 3 is 2.22 bits per heavy atom. The predicted octanol–water partition coefficient (Wildman–Crippen LogP) is 3.79. The van der Waals surface area contributed by atoms with Crippen molar-refractivity contribution >= 4 is 32.8 Å². The topological polar surface area (TPSA) is 111 Å². The number of ether oxygens (including phenoxy) is 3. The lowest BCUT2D eigenvalue weighted by molar-refractivity contribution is -0.116. The summed E-state index contributed by atoms with van der Waals surface area (Å²) in [4.78, 5) is 13.4. The van der Waals surface area contributed by atoms with Crippen molar-refractivity contribution in [3.8, 4) is 23.0 Å². The van der Waals surface area contributed by atoms with E-state index in [0.717, 1.165) is 0 Å². The largest absolute Gasteiger partial charge is 0.502 e. The summed E-state index contributed by atoms with van der Waals surface area (Å²) < 4.78 is 42.2. The van der Waals surface area contributed by atoms with E-state index in [1.807, 2.05) is 0 Å². The van der Waals surface area contributed by atoms with Crippen LogP contribution in [0.2, 0.25) is 0 Å². The molecule has 0 saturated carbocycles. The molecular weight excluding hydrogens is 454 g/mol. The number of aromatic hydroxyl groups is 1. The van der Waals surface area contributed by atoms with E-state index in [9.17, 15) is 18.3 Å². The summed E-state index contributed by atoms with van der Waals surface area (Å²) >= 11 is 1.25. The Balaban J connectivity index is 1.82. The van der Waals surface area contributed by atoms with Crippen LogP contribution in [-0.4, -0.2) is 40.8 Å². The van der Waals surface area contributed by atoms with Gasteiger partial charge in [0.05, 0.1) is 31.9 Å². The van der Waals surface area contributed by atoms with Crippen molar-refractivity contribution in [1.29, 1.82) is 0 Å². The van der Waals surface area contributed by atoms with Gasteiger partial charge in [-0.05, 0) is 42.0 Å². The minimum Gasteiger partial charge on any atom is -0.502 e. The molecular formula is C22H21NO7S2. The van der Waals surface area contributed by atoms with Gasteiger partial charge in [-0.25, -0.2) is 8.42 Å². The van der Waals surface area contributed by atoms with E-state index in [0.29, 0.717) is 16.2 Å². The molecule has 4 rings (SSSR count). The first-order valence-corrected chi connectivity index (χ1v) is 11.9. The first-order chi connectivity index (χ1) is 15.3. The van der Waals surface area contributed by atoms with Crippen LogP contribution < -0.4 is 19.5 Å². The van der Waals surface area contributed by atoms with E-state index in [1.165, 1.54) is 50.2 Å². The fourth-order valence-electron chi connectivity index (χ4n) is 3.67. The Morgan fingerprint density at radius 1 is 1.03 bits per heavy atom. The number of methoxy groups -OCH3 is 3. The molecule has 8 nitrogen and oxygen atoms in total. The number of carbonyl (C=O) groups is 1. The molecule has 1 unspecified atom stereocenters. The molecule has 0 spiro atoms. The lowest BCUT2D eigenvalue weighted by Crippen LogP contribution is -2.23. The number of fused-ring (bicyclic) bond motifs is 1. The summed E-state index contributed by atoms with van der Waals surface area (Å²) in [6.45, 7) is 0. The Bertz CT molecular complexity index is 1260. The molecule has 2 heterocycles. The first kappa shape index (κ1) is 22.0. The molecule has 0 bridgehead atoms. The van der Waals surface area contributed by atoms with Gasteiger partial charge < -0.3 is 24.6 Å². The van der Waals surface area contributed by atoms with Crippen molar-refractivity contribution in [1.82, 2.24) is 0 Å². The second-order valence-electron chi connectivity index (χ2n) is 7.10. The minimum atomic E-state index is -3.87. The highest BCUT2D eigenvalue weighted by Gasteiger charge is 2.35. The lowest BCUT2D eigenvalue weighted by atomic mass is 9.90. The molecule has 1 aromatic heterocycles. The number of rotatable bonds is 6. The first-order valence-electron chi connectivity index (χ1n) is 9.55. The summed E-state index contributed by atoms with van der Waals surface area (Å²) in [7, 11) is 0.466. The fraction of sp³-hybridized carbons (Fsp3) is 0.227. The summed E-state index contributed by atoms with van der Waals surface area (Å²) in [5.74, 6) is 0.0714. The van der Waals surface area contributed by atoms with Crippen molar-refractivity contribution in [2.45, 2.75) is 22.1 Å². The van der Waals surface area contributed by atoms with Gasteiger partial charge in [-0.15, -0.1) is 11.3 Å². The number of nitrogens with one attached hydrogen (secondary N) is 1. The summed E-state index contributed by atoms with van der Waals surface area (Å²) in [5.41, 5.74) is 0.945. The smallest absolute Gasteiger partial charge is 0.225 e. The van der Waals surface area contributed by atoms with Crippen LogP contribution in [0.4, 0.5) is 5.69 Å². The Kier molecular flexibility index (Phi) is 5.74. The molecule has 0 fully saturated rings. The van der Waals surface area contributed by atoms with Crippen molar-refractivity contribution in [3.05, 3.63) is 52.2 Å². The van der Waals surface area contributed by atoms with E-state index in [-0.39, 0.29) is 45.1 Å². The van der Waals surface area contributed by atoms with Gasteiger partial charge in [-0.2, -0.15) is 0 Å². The maximum Gasteiger partial charge on any atom is 0.225 e. The molecule has 10 heteroatoms. The zero-order chi connectivity index (χ0) is 23.0. The zero-order valence-corrected chi connectivity index (χ0v) is 19.2. The Morgan fingerprint density at radius 2 is 1.66 bits per heavy atom. The number of carbonyl (C=O) groups excluding carboxylic acids is 1. The summed E-state index contributed by atoms with van der Waals surface area (Å²) in [5, 5.41) is 14.5. The quantitative estimate of drug-likeness (QED) is 0.558. The van der Waals surface area contributed by atoms with Gasteiger partial charge in [0.15, 0.2) is 11.5 Å². The number of thiophene rings is 1. The normalized spacial score (nSPS) is 15.6. The maximum absolute atomic E-state index is 13.3. The number of sulfone groups is 1. The van der Waals surface area contributed by atoms with Crippen LogP contribution in [0.3, 0.4) is 0 Å². The van der Waals surface area contributed by atoms with Crippen molar-refractivity contribution < 1.29 is 32.5 Å². The number of hydrogen-bond acceptors (Lipinski definition) is 8. The Hall–Kier alpha value is -3.24. The second kappa shape index (κ2) is 8.36. The molecule has 0 radical (unpaired) electrons. The minimum absolute atomic E-state index is 0.0402. The van der Waals surface area contributed by atoms with Gasteiger partial charge in [0.2, 0.25) is 21.5 Å². The van der Waals surface area contributed by atoms with E-state index in [2.05, 4.69) is 5.32 Å². The number of benzene rings is 2. The zero-order valence-electron chi connectivity index (χ0n) is 17.5. The maximum atomic E-state index is 13.3. The number of hydrogen-bond donors (Lipinski definition) is 2. The molecule has 32 heavy (non-hydrogen) atoms. The monoisotopic (exact) mass is 475 g/mol. The van der Waals surface area contributed by atoms with Crippen LogP contribution in [-0.2, 0) is 14.6 Å². The second-order valence-corrected chi connectivity index (χ2v) is 9.93. The van der Waals surface area contributed by atoms with Crippen molar-refractivity contribution in [3.63, 3.8) is 0 Å². The molecule has 1 amide bonds. The summed E-state index contributed by atoms with van der Waals surface area (Å²) in [6.07, 6.45) is 0.118. The van der Waals surface area contributed by atoms with Crippen LogP contribution in [0, 0.1) is 0 Å². The number of anilines is 1. The van der Waals surface area contributed by atoms with Crippen LogP contribution in [0.15, 0.2) is 51.6 Å². The number of amides is 1. The van der Waals surface area contributed by atoms with Crippen molar-refractivity contribution in [2.24, 2.45) is 0 Å². The van der Waals surface area contributed by atoms with Gasteiger partial charge >= 0.3 is 0 Å². The SMILES string of the molecule is COc1ccc(S(=O)(=O)c2csc3c2NC(=O)CC3c2cc(OC)c(O)c(OC)c2)cc1. The van der Waals surface area contributed by atoms with Crippen LogP contribution in [0.1, 0.15) is 22.8 Å². The van der Waals surface area contributed by atoms with E-state index in [1.54, 1.807) is 24.3 Å². The van der Waals surface area contributed by atoms with Gasteiger partial charge in [0.1, 0.15) is 10.6 Å². The average Bonchev–Trinajstić information content (AvgIpc) is 3.23. The third-order valence-corrected chi connectivity index (χ3v) is 8.36. The van der Waals surface area contributed by atoms with Crippen LogP contribution >= 0.6 is 11.3 Å². The molecule has 1 atom stereocenters. The molecule has 2 aromatic carbocycles. The number of phenolic OH excluding ortho intramolecular Hbond substituents is 1. The molecule has 3 aromatic rings. The van der Waals surface area contributed by atoms with Crippen LogP contribution in [0.5, 0.6) is 23.0 Å². The van der Waals surface area contributed by atoms with Gasteiger partial charge in [-0.1, -0.05) is 0 Å². The number of phenols is 1. The molecule has 168 valence electrons. The van der Waals surface area contributed by atoms with Crippen LogP contribution in [0.25, 0.3) is 0 Å². The highest BCUT2D eigenvalue weighted by atomic mass is 32.2. The molecule has 1 aliphatic heterocycles. The molecule has 0 saturated heterocycles. The summed E-state index contributed by atoms with van der Waals surface area (Å²) in [6, 6.07) is 9.33. The van der Waals surface area contributed by atoms with Gasteiger partial charge in [0, 0.05) is 22.6 Å². The highest BCUT2D eigenvalue weighted by molar-refractivity contribution is 7.91. The average molecular weight is 476 g/mol. The van der Waals surface area contributed by atoms with E-state index >= 15 is 0 Å². The van der Waals surface area contributed by atoms with Gasteiger partial charge in [-0.3, -0.25) is 4.79 Å². The highest BCUT2D eigenvalue weighted by Crippen LogP contribution is 2.48. The third-order valence-electron chi connectivity index (χ3n) is 5.32. The Labute approximate surface area is 189 Å². The van der Waals surface area contributed by atoms with Crippen molar-refractivity contribution in [2.75, 3.05) is 26.6 Å². The van der Waals surface area contributed by atoms with Gasteiger partial charge in [0.25, 0.3) is 0 Å². The molecule has 0 aliphatic carbocycles.